The highest BCUT2D eigenvalue weighted by molar-refractivity contribution is 7.73. The zero-order chi connectivity index (χ0) is 12.4. The molecule has 88 valence electrons. The first-order chi connectivity index (χ1) is 8.08. The van der Waals surface area contributed by atoms with Crippen LogP contribution in [0, 0.1) is 3.95 Å². The van der Waals surface area contributed by atoms with Gasteiger partial charge in [-0.15, -0.1) is 0 Å². The summed E-state index contributed by atoms with van der Waals surface area (Å²) in [6, 6.07) is 6.57. The van der Waals surface area contributed by atoms with E-state index >= 15 is 0 Å². The lowest BCUT2D eigenvalue weighted by Gasteiger charge is -1.95. The largest absolute Gasteiger partial charge is 0.508 e. The molecule has 1 heterocycles. The van der Waals surface area contributed by atoms with Crippen molar-refractivity contribution in [2.75, 3.05) is 0 Å². The molecule has 4 nitrogen and oxygen atoms in total. The average Bonchev–Trinajstić information content (AvgIpc) is 2.54. The van der Waals surface area contributed by atoms with Crippen molar-refractivity contribution in [1.29, 1.82) is 0 Å². The van der Waals surface area contributed by atoms with Gasteiger partial charge in [0.15, 0.2) is 3.95 Å². The van der Waals surface area contributed by atoms with Gasteiger partial charge in [-0.05, 0) is 24.4 Å². The highest BCUT2D eigenvalue weighted by Gasteiger charge is 2.05. The van der Waals surface area contributed by atoms with Gasteiger partial charge < -0.3 is 10.2 Å². The normalized spacial score (nSPS) is 11.1. The number of aromatic hydroxyl groups is 2. The van der Waals surface area contributed by atoms with Crippen LogP contribution in [0.2, 0.25) is 0 Å². The third kappa shape index (κ3) is 2.54. The Bertz CT molecular complexity index is 629. The maximum absolute atomic E-state index is 9.72. The molecule has 0 spiro atoms. The molecule has 0 bridgehead atoms. The minimum absolute atomic E-state index is 0.101. The van der Waals surface area contributed by atoms with E-state index in [0.717, 1.165) is 0 Å². The second-order valence-electron chi connectivity index (χ2n) is 3.39. The molecule has 6 heteroatoms. The number of aromatic nitrogens is 1. The molecule has 2 rings (SSSR count). The molecule has 0 aliphatic heterocycles. The maximum atomic E-state index is 9.72. The van der Waals surface area contributed by atoms with Gasteiger partial charge in [0.25, 0.3) is 0 Å². The Morgan fingerprint density at radius 2 is 2.18 bits per heavy atom. The number of nitrogens with zero attached hydrogens (tertiary/aromatic N) is 2. The minimum Gasteiger partial charge on any atom is -0.508 e. The third-order valence-electron chi connectivity index (χ3n) is 2.17. The minimum atomic E-state index is 0.101. The molecule has 0 radical (unpaired) electrons. The van der Waals surface area contributed by atoms with Crippen LogP contribution < -0.4 is 0 Å². The van der Waals surface area contributed by atoms with E-state index in [1.165, 1.54) is 28.2 Å². The summed E-state index contributed by atoms with van der Waals surface area (Å²) in [5, 5.41) is 19.0. The Morgan fingerprint density at radius 3 is 2.76 bits per heavy atom. The van der Waals surface area contributed by atoms with E-state index in [1.54, 1.807) is 25.2 Å². The number of phenols is 1. The van der Waals surface area contributed by atoms with E-state index in [1.807, 2.05) is 0 Å². The van der Waals surface area contributed by atoms with Crippen LogP contribution in [-0.4, -0.2) is 21.0 Å². The molecule has 1 aromatic carbocycles. The number of aliphatic imine (C=N–C) groups is 1. The van der Waals surface area contributed by atoms with Gasteiger partial charge in [-0.2, -0.15) is 0 Å². The van der Waals surface area contributed by atoms with Gasteiger partial charge in [0.1, 0.15) is 10.6 Å². The van der Waals surface area contributed by atoms with Crippen molar-refractivity contribution < 1.29 is 10.2 Å². The van der Waals surface area contributed by atoms with Crippen molar-refractivity contribution in [3.05, 3.63) is 33.1 Å². The van der Waals surface area contributed by atoms with Crippen molar-refractivity contribution in [1.82, 2.24) is 4.57 Å². The number of hydrogen-bond donors (Lipinski definition) is 2. The van der Waals surface area contributed by atoms with E-state index in [0.29, 0.717) is 14.5 Å². The number of benzene rings is 1. The highest BCUT2D eigenvalue weighted by atomic mass is 32.1. The monoisotopic (exact) mass is 266 g/mol. The van der Waals surface area contributed by atoms with Gasteiger partial charge >= 0.3 is 0 Å². The van der Waals surface area contributed by atoms with E-state index in [2.05, 4.69) is 4.99 Å². The predicted octanol–water partition coefficient (Wildman–Crippen LogP) is 2.98. The van der Waals surface area contributed by atoms with Crippen molar-refractivity contribution >= 4 is 35.5 Å². The van der Waals surface area contributed by atoms with Crippen LogP contribution in [-0.2, 0) is 7.05 Å². The summed E-state index contributed by atoms with van der Waals surface area (Å²) in [4.78, 5) is 4.76. The van der Waals surface area contributed by atoms with Gasteiger partial charge in [-0.3, -0.25) is 9.56 Å². The predicted molar refractivity (Wildman–Crippen MR) is 71.1 cm³/mol. The molecule has 0 saturated heterocycles. The summed E-state index contributed by atoms with van der Waals surface area (Å²) in [5.74, 6) is 0.258. The molecule has 0 saturated carbocycles. The molecular weight excluding hydrogens is 256 g/mol. The molecular formula is C11H10N2O2S2. The van der Waals surface area contributed by atoms with Crippen LogP contribution in [0.3, 0.4) is 0 Å². The third-order valence-corrected chi connectivity index (χ3v) is 3.65. The van der Waals surface area contributed by atoms with E-state index < -0.39 is 0 Å². The highest BCUT2D eigenvalue weighted by Crippen LogP contribution is 2.24. The fourth-order valence-electron chi connectivity index (χ4n) is 1.25. The lowest BCUT2D eigenvalue weighted by Crippen LogP contribution is -1.85. The van der Waals surface area contributed by atoms with Crippen LogP contribution in [0.1, 0.15) is 4.88 Å². The Labute approximate surface area is 107 Å². The molecule has 0 amide bonds. The Kier molecular flexibility index (Phi) is 3.26. The summed E-state index contributed by atoms with van der Waals surface area (Å²) in [6.45, 7) is 0. The van der Waals surface area contributed by atoms with Crippen LogP contribution in [0.25, 0.3) is 0 Å². The molecule has 0 atom stereocenters. The topological polar surface area (TPSA) is 57.8 Å². The molecule has 2 N–H and O–H groups in total. The lowest BCUT2D eigenvalue weighted by molar-refractivity contribution is 0.430. The first kappa shape index (κ1) is 11.8. The molecule has 17 heavy (non-hydrogen) atoms. The standard InChI is InChI=1S/C11H10N2O2S2/c1-13-10(15)9(17-11(13)16)6-12-7-3-2-4-8(14)5-7/h2-6,14-15H,1H3. The van der Waals surface area contributed by atoms with Crippen LogP contribution in [0.5, 0.6) is 11.6 Å². The Balaban J connectivity index is 2.32. The first-order valence-corrected chi connectivity index (χ1v) is 6.02. The molecule has 0 unspecified atom stereocenters. The average molecular weight is 266 g/mol. The molecule has 0 aliphatic rings. The number of hydrogen-bond acceptors (Lipinski definition) is 5. The van der Waals surface area contributed by atoms with Crippen LogP contribution >= 0.6 is 23.6 Å². The maximum Gasteiger partial charge on any atom is 0.211 e. The summed E-state index contributed by atoms with van der Waals surface area (Å²) >= 11 is 6.31. The van der Waals surface area contributed by atoms with Crippen LogP contribution in [0.15, 0.2) is 29.3 Å². The lowest BCUT2D eigenvalue weighted by atomic mass is 10.3. The number of rotatable bonds is 2. The fraction of sp³-hybridized carbons (Fsp3) is 0.0909. The van der Waals surface area contributed by atoms with Gasteiger partial charge in [0, 0.05) is 13.1 Å². The van der Waals surface area contributed by atoms with Gasteiger partial charge in [-0.1, -0.05) is 17.4 Å². The first-order valence-electron chi connectivity index (χ1n) is 4.80. The van der Waals surface area contributed by atoms with E-state index in [-0.39, 0.29) is 11.6 Å². The molecule has 0 aliphatic carbocycles. The summed E-state index contributed by atoms with van der Waals surface area (Å²) in [7, 11) is 1.69. The van der Waals surface area contributed by atoms with E-state index in [4.69, 9.17) is 12.2 Å². The van der Waals surface area contributed by atoms with E-state index in [9.17, 15) is 10.2 Å². The molecule has 2 aromatic rings. The number of thiazole rings is 1. The quantitative estimate of drug-likeness (QED) is 0.649. The van der Waals surface area contributed by atoms with Gasteiger partial charge in [-0.25, -0.2) is 0 Å². The van der Waals surface area contributed by atoms with Crippen molar-refractivity contribution in [2.24, 2.45) is 12.0 Å². The summed E-state index contributed by atoms with van der Waals surface area (Å²) in [5.41, 5.74) is 0.617. The van der Waals surface area contributed by atoms with Crippen molar-refractivity contribution in [3.8, 4) is 11.6 Å². The zero-order valence-electron chi connectivity index (χ0n) is 8.99. The molecule has 1 aromatic heterocycles. The van der Waals surface area contributed by atoms with Crippen LogP contribution in [0.4, 0.5) is 5.69 Å². The van der Waals surface area contributed by atoms with Gasteiger partial charge in [0.2, 0.25) is 5.88 Å². The summed E-state index contributed by atoms with van der Waals surface area (Å²) < 4.78 is 2.10. The SMILES string of the molecule is Cn1c(O)c(C=Nc2cccc(O)c2)sc1=S. The molecule has 0 fully saturated rings. The van der Waals surface area contributed by atoms with Crippen molar-refractivity contribution in [2.45, 2.75) is 0 Å². The summed E-state index contributed by atoms with van der Waals surface area (Å²) in [6.07, 6.45) is 1.53. The Hall–Kier alpha value is -1.66. The smallest absolute Gasteiger partial charge is 0.211 e. The number of phenolic OH excluding ortho intramolecular Hbond substituents is 1. The zero-order valence-corrected chi connectivity index (χ0v) is 10.6. The second-order valence-corrected chi connectivity index (χ2v) is 5.07. The van der Waals surface area contributed by atoms with Crippen molar-refractivity contribution in [3.63, 3.8) is 0 Å². The fourth-order valence-corrected chi connectivity index (χ4v) is 2.35. The second kappa shape index (κ2) is 4.68. The van der Waals surface area contributed by atoms with Gasteiger partial charge in [0.05, 0.1) is 11.9 Å². The Morgan fingerprint density at radius 1 is 1.41 bits per heavy atom.